The van der Waals surface area contributed by atoms with Gasteiger partial charge in [0.25, 0.3) is 0 Å². The van der Waals surface area contributed by atoms with Gasteiger partial charge in [-0.05, 0) is 27.7 Å². The van der Waals surface area contributed by atoms with E-state index in [-0.39, 0.29) is 18.1 Å². The molecule has 0 radical (unpaired) electrons. The second-order valence-electron chi connectivity index (χ2n) is 4.73. The molecule has 0 aliphatic carbocycles. The van der Waals surface area contributed by atoms with Crippen molar-refractivity contribution in [2.75, 3.05) is 0 Å². The van der Waals surface area contributed by atoms with Crippen molar-refractivity contribution in [2.45, 2.75) is 45.9 Å². The standard InChI is InChI=1S/C10H18N4O2/c1-7(9(16)12-10(2,3)4)14-6-11-13-8(14)5-15/h6-7,15H,5H2,1-4H3,(H,12,16). The average molecular weight is 226 g/mol. The summed E-state index contributed by atoms with van der Waals surface area (Å²) in [6.45, 7) is 7.25. The molecule has 1 aromatic rings. The fourth-order valence-corrected chi connectivity index (χ4v) is 1.30. The van der Waals surface area contributed by atoms with Gasteiger partial charge in [0.05, 0.1) is 0 Å². The minimum absolute atomic E-state index is 0.123. The number of hydrogen-bond acceptors (Lipinski definition) is 4. The molecule has 90 valence electrons. The molecule has 1 heterocycles. The average Bonchev–Trinajstić information content (AvgIpc) is 2.61. The Morgan fingerprint density at radius 1 is 1.62 bits per heavy atom. The minimum atomic E-state index is -0.434. The van der Waals surface area contributed by atoms with Crippen molar-refractivity contribution in [1.29, 1.82) is 0 Å². The molecule has 0 aliphatic heterocycles. The largest absolute Gasteiger partial charge is 0.388 e. The van der Waals surface area contributed by atoms with Crippen LogP contribution in [-0.4, -0.2) is 31.3 Å². The summed E-state index contributed by atoms with van der Waals surface area (Å²) in [4.78, 5) is 11.9. The molecule has 0 aromatic carbocycles. The lowest BCUT2D eigenvalue weighted by molar-refractivity contribution is -0.125. The molecule has 1 rings (SSSR count). The maximum Gasteiger partial charge on any atom is 0.243 e. The normalized spacial score (nSPS) is 13.6. The molecule has 6 heteroatoms. The predicted octanol–water partition coefficient (Wildman–Crippen LogP) is 0.246. The molecule has 6 nitrogen and oxygen atoms in total. The summed E-state index contributed by atoms with van der Waals surface area (Å²) in [5.74, 6) is 0.263. The number of nitrogens with one attached hydrogen (secondary N) is 1. The first-order valence-corrected chi connectivity index (χ1v) is 5.16. The number of carbonyl (C=O) groups is 1. The molecule has 0 aliphatic rings. The SMILES string of the molecule is CC(C(=O)NC(C)(C)C)n1cnnc1CO. The molecular formula is C10H18N4O2. The number of aliphatic hydroxyl groups is 1. The highest BCUT2D eigenvalue weighted by Gasteiger charge is 2.22. The molecule has 1 atom stereocenters. The summed E-state index contributed by atoms with van der Waals surface area (Å²) in [7, 11) is 0. The maximum atomic E-state index is 11.9. The lowest BCUT2D eigenvalue weighted by Gasteiger charge is -2.24. The number of hydrogen-bond donors (Lipinski definition) is 2. The van der Waals surface area contributed by atoms with Crippen LogP contribution in [0.4, 0.5) is 0 Å². The van der Waals surface area contributed by atoms with Crippen LogP contribution in [0.25, 0.3) is 0 Å². The molecule has 0 bridgehead atoms. The van der Waals surface area contributed by atoms with E-state index < -0.39 is 6.04 Å². The summed E-state index contributed by atoms with van der Waals surface area (Å²) in [6.07, 6.45) is 1.44. The highest BCUT2D eigenvalue weighted by molar-refractivity contribution is 5.80. The zero-order chi connectivity index (χ0) is 12.3. The Morgan fingerprint density at radius 2 is 2.25 bits per heavy atom. The van der Waals surface area contributed by atoms with Gasteiger partial charge in [-0.2, -0.15) is 0 Å². The van der Waals surface area contributed by atoms with Crippen molar-refractivity contribution in [3.63, 3.8) is 0 Å². The Labute approximate surface area is 94.7 Å². The quantitative estimate of drug-likeness (QED) is 0.774. The maximum absolute atomic E-state index is 11.9. The van der Waals surface area contributed by atoms with E-state index in [2.05, 4.69) is 15.5 Å². The molecule has 1 unspecified atom stereocenters. The fourth-order valence-electron chi connectivity index (χ4n) is 1.30. The molecule has 0 saturated heterocycles. The number of amides is 1. The number of rotatable bonds is 3. The lowest BCUT2D eigenvalue weighted by Crippen LogP contribution is -2.43. The van der Waals surface area contributed by atoms with Gasteiger partial charge in [-0.25, -0.2) is 0 Å². The van der Waals surface area contributed by atoms with Crippen LogP contribution >= 0.6 is 0 Å². The minimum Gasteiger partial charge on any atom is -0.388 e. The van der Waals surface area contributed by atoms with Crippen molar-refractivity contribution < 1.29 is 9.90 Å². The Balaban J connectivity index is 2.78. The molecule has 2 N–H and O–H groups in total. The molecular weight excluding hydrogens is 208 g/mol. The van der Waals surface area contributed by atoms with Gasteiger partial charge >= 0.3 is 0 Å². The topological polar surface area (TPSA) is 80.0 Å². The van der Waals surface area contributed by atoms with Crippen molar-refractivity contribution in [2.24, 2.45) is 0 Å². The Kier molecular flexibility index (Phi) is 3.64. The van der Waals surface area contributed by atoms with Gasteiger partial charge in [0.2, 0.25) is 5.91 Å². The van der Waals surface area contributed by atoms with Crippen LogP contribution in [0.1, 0.15) is 39.6 Å². The van der Waals surface area contributed by atoms with E-state index in [1.54, 1.807) is 11.5 Å². The van der Waals surface area contributed by atoms with Gasteiger partial charge in [-0.1, -0.05) is 0 Å². The van der Waals surface area contributed by atoms with Gasteiger partial charge in [0.15, 0.2) is 5.82 Å². The second kappa shape index (κ2) is 4.61. The van der Waals surface area contributed by atoms with Gasteiger partial charge in [0, 0.05) is 5.54 Å². The first-order chi connectivity index (χ1) is 7.35. The van der Waals surface area contributed by atoms with Crippen LogP contribution in [0.2, 0.25) is 0 Å². The van der Waals surface area contributed by atoms with Crippen molar-refractivity contribution in [3.8, 4) is 0 Å². The third-order valence-corrected chi connectivity index (χ3v) is 2.08. The molecule has 0 fully saturated rings. The van der Waals surface area contributed by atoms with Crippen LogP contribution in [0.3, 0.4) is 0 Å². The van der Waals surface area contributed by atoms with E-state index >= 15 is 0 Å². The van der Waals surface area contributed by atoms with Crippen LogP contribution in [0.15, 0.2) is 6.33 Å². The smallest absolute Gasteiger partial charge is 0.243 e. The number of carbonyl (C=O) groups excluding carboxylic acids is 1. The van der Waals surface area contributed by atoms with Crippen LogP contribution in [0.5, 0.6) is 0 Å². The number of aromatic nitrogens is 3. The first kappa shape index (κ1) is 12.6. The second-order valence-corrected chi connectivity index (χ2v) is 4.73. The molecule has 1 aromatic heterocycles. The predicted molar refractivity (Wildman–Crippen MR) is 58.6 cm³/mol. The van der Waals surface area contributed by atoms with Gasteiger partial charge in [-0.15, -0.1) is 10.2 Å². The summed E-state index contributed by atoms with van der Waals surface area (Å²) in [6, 6.07) is -0.434. The van der Waals surface area contributed by atoms with Gasteiger partial charge in [0.1, 0.15) is 19.0 Å². The third-order valence-electron chi connectivity index (χ3n) is 2.08. The van der Waals surface area contributed by atoms with Gasteiger partial charge in [-0.3, -0.25) is 4.79 Å². The van der Waals surface area contributed by atoms with Crippen molar-refractivity contribution >= 4 is 5.91 Å². The van der Waals surface area contributed by atoms with E-state index in [0.717, 1.165) is 0 Å². The number of aliphatic hydroxyl groups excluding tert-OH is 1. The Bertz CT molecular complexity index is 367. The van der Waals surface area contributed by atoms with E-state index in [4.69, 9.17) is 5.11 Å². The van der Waals surface area contributed by atoms with E-state index in [1.807, 2.05) is 20.8 Å². The molecule has 1 amide bonds. The zero-order valence-electron chi connectivity index (χ0n) is 10.1. The zero-order valence-corrected chi connectivity index (χ0v) is 10.1. The monoisotopic (exact) mass is 226 g/mol. The first-order valence-electron chi connectivity index (χ1n) is 5.16. The van der Waals surface area contributed by atoms with Crippen LogP contribution in [0, 0.1) is 0 Å². The van der Waals surface area contributed by atoms with Crippen molar-refractivity contribution in [3.05, 3.63) is 12.2 Å². The number of nitrogens with zero attached hydrogens (tertiary/aromatic N) is 3. The summed E-state index contributed by atoms with van der Waals surface area (Å²) in [5, 5.41) is 19.3. The Morgan fingerprint density at radius 3 is 2.75 bits per heavy atom. The summed E-state index contributed by atoms with van der Waals surface area (Å²) in [5.41, 5.74) is -0.279. The summed E-state index contributed by atoms with van der Waals surface area (Å²) >= 11 is 0. The highest BCUT2D eigenvalue weighted by atomic mass is 16.3. The molecule has 0 spiro atoms. The molecule has 0 saturated carbocycles. The third kappa shape index (κ3) is 3.03. The van der Waals surface area contributed by atoms with Crippen LogP contribution < -0.4 is 5.32 Å². The fraction of sp³-hybridized carbons (Fsp3) is 0.700. The van der Waals surface area contributed by atoms with Gasteiger partial charge < -0.3 is 15.0 Å². The van der Waals surface area contributed by atoms with Crippen LogP contribution in [-0.2, 0) is 11.4 Å². The molecule has 16 heavy (non-hydrogen) atoms. The Hall–Kier alpha value is -1.43. The van der Waals surface area contributed by atoms with E-state index in [0.29, 0.717) is 5.82 Å². The lowest BCUT2D eigenvalue weighted by atomic mass is 10.1. The van der Waals surface area contributed by atoms with E-state index in [9.17, 15) is 4.79 Å². The van der Waals surface area contributed by atoms with E-state index in [1.165, 1.54) is 6.33 Å². The van der Waals surface area contributed by atoms with Crippen molar-refractivity contribution in [1.82, 2.24) is 20.1 Å². The highest BCUT2D eigenvalue weighted by Crippen LogP contribution is 2.10. The summed E-state index contributed by atoms with van der Waals surface area (Å²) < 4.78 is 1.56.